The van der Waals surface area contributed by atoms with Crippen LogP contribution >= 0.6 is 0 Å². The van der Waals surface area contributed by atoms with E-state index >= 15 is 0 Å². The zero-order valence-corrected chi connectivity index (χ0v) is 16.5. The van der Waals surface area contributed by atoms with Crippen molar-refractivity contribution >= 4 is 18.1 Å². The van der Waals surface area contributed by atoms with Crippen LogP contribution in [0.2, 0.25) is 0 Å². The molecule has 0 N–H and O–H groups in total. The summed E-state index contributed by atoms with van der Waals surface area (Å²) in [6.07, 6.45) is 7.43. The van der Waals surface area contributed by atoms with Crippen LogP contribution in [0.25, 0.3) is 12.2 Å². The zero-order valence-electron chi connectivity index (χ0n) is 16.5. The first-order chi connectivity index (χ1) is 14.1. The van der Waals surface area contributed by atoms with E-state index in [1.54, 1.807) is 18.5 Å². The highest BCUT2D eigenvalue weighted by Gasteiger charge is 2.12. The SMILES string of the molecule is CCOc1cc(/C=C/c2ccncc2)ccc1OC(=O)COc1ccc(C)cc1. The summed E-state index contributed by atoms with van der Waals surface area (Å²) >= 11 is 0. The minimum Gasteiger partial charge on any atom is -0.490 e. The number of aromatic nitrogens is 1. The second-order valence-corrected chi connectivity index (χ2v) is 6.33. The zero-order chi connectivity index (χ0) is 20.5. The molecule has 0 aliphatic carbocycles. The normalized spacial score (nSPS) is 10.7. The van der Waals surface area contributed by atoms with Crippen LogP contribution in [-0.4, -0.2) is 24.2 Å². The van der Waals surface area contributed by atoms with Gasteiger partial charge in [-0.1, -0.05) is 35.9 Å². The summed E-state index contributed by atoms with van der Waals surface area (Å²) in [4.78, 5) is 16.2. The van der Waals surface area contributed by atoms with Gasteiger partial charge in [0, 0.05) is 12.4 Å². The monoisotopic (exact) mass is 389 g/mol. The van der Waals surface area contributed by atoms with Crippen LogP contribution in [0.4, 0.5) is 0 Å². The lowest BCUT2D eigenvalue weighted by atomic mass is 10.1. The molecule has 0 saturated heterocycles. The first kappa shape index (κ1) is 20.1. The van der Waals surface area contributed by atoms with E-state index in [2.05, 4.69) is 4.98 Å². The minimum absolute atomic E-state index is 0.182. The summed E-state index contributed by atoms with van der Waals surface area (Å²) in [6.45, 7) is 4.15. The lowest BCUT2D eigenvalue weighted by Crippen LogP contribution is -2.18. The molecule has 2 aromatic carbocycles. The van der Waals surface area contributed by atoms with E-state index in [4.69, 9.17) is 14.2 Å². The Bertz CT molecular complexity index is 966. The first-order valence-electron chi connectivity index (χ1n) is 9.39. The number of carbonyl (C=O) groups is 1. The van der Waals surface area contributed by atoms with E-state index in [1.807, 2.05) is 74.5 Å². The minimum atomic E-state index is -0.494. The molecule has 0 atom stereocenters. The Morgan fingerprint density at radius 3 is 2.34 bits per heavy atom. The Labute approximate surface area is 170 Å². The number of benzene rings is 2. The van der Waals surface area contributed by atoms with E-state index in [9.17, 15) is 4.79 Å². The second-order valence-electron chi connectivity index (χ2n) is 6.33. The van der Waals surface area contributed by atoms with Gasteiger partial charge in [0.05, 0.1) is 6.61 Å². The standard InChI is InChI=1S/C24H23NO4/c1-3-27-23-16-20(7-6-19-12-14-25-15-13-19)8-11-22(23)29-24(26)17-28-21-9-4-18(2)5-10-21/h4-16H,3,17H2,1-2H3/b7-6+. The highest BCUT2D eigenvalue weighted by molar-refractivity contribution is 5.76. The van der Waals surface area contributed by atoms with Crippen molar-refractivity contribution in [1.29, 1.82) is 0 Å². The molecule has 3 rings (SSSR count). The van der Waals surface area contributed by atoms with Crippen molar-refractivity contribution in [3.05, 3.63) is 83.7 Å². The molecular weight excluding hydrogens is 366 g/mol. The number of hydrogen-bond acceptors (Lipinski definition) is 5. The van der Waals surface area contributed by atoms with Crippen molar-refractivity contribution in [2.45, 2.75) is 13.8 Å². The highest BCUT2D eigenvalue weighted by atomic mass is 16.6. The fourth-order valence-corrected chi connectivity index (χ4v) is 2.58. The van der Waals surface area contributed by atoms with Crippen molar-refractivity contribution in [1.82, 2.24) is 4.98 Å². The molecule has 0 amide bonds. The van der Waals surface area contributed by atoms with Gasteiger partial charge in [0.15, 0.2) is 18.1 Å². The fourth-order valence-electron chi connectivity index (χ4n) is 2.58. The van der Waals surface area contributed by atoms with Crippen LogP contribution in [0.3, 0.4) is 0 Å². The Morgan fingerprint density at radius 2 is 1.62 bits per heavy atom. The van der Waals surface area contributed by atoms with Gasteiger partial charge in [-0.15, -0.1) is 0 Å². The molecule has 0 unspecified atom stereocenters. The number of nitrogens with zero attached hydrogens (tertiary/aromatic N) is 1. The Kier molecular flexibility index (Phi) is 7.00. The van der Waals surface area contributed by atoms with Crippen LogP contribution in [0.5, 0.6) is 17.2 Å². The summed E-state index contributed by atoms with van der Waals surface area (Å²) < 4.78 is 16.6. The van der Waals surface area contributed by atoms with Gasteiger partial charge < -0.3 is 14.2 Å². The van der Waals surface area contributed by atoms with Gasteiger partial charge >= 0.3 is 5.97 Å². The van der Waals surface area contributed by atoms with Crippen LogP contribution in [0.1, 0.15) is 23.6 Å². The summed E-state index contributed by atoms with van der Waals surface area (Å²) in [6, 6.07) is 16.7. The number of carbonyl (C=O) groups excluding carboxylic acids is 1. The van der Waals surface area contributed by atoms with E-state index in [0.29, 0.717) is 23.9 Å². The molecule has 0 bridgehead atoms. The number of hydrogen-bond donors (Lipinski definition) is 0. The third kappa shape index (κ3) is 6.21. The molecule has 0 fully saturated rings. The van der Waals surface area contributed by atoms with Crippen molar-refractivity contribution in [2.24, 2.45) is 0 Å². The van der Waals surface area contributed by atoms with Crippen LogP contribution < -0.4 is 14.2 Å². The van der Waals surface area contributed by atoms with Gasteiger partial charge in [0.1, 0.15) is 5.75 Å². The smallest absolute Gasteiger partial charge is 0.349 e. The van der Waals surface area contributed by atoms with Gasteiger partial charge in [-0.05, 0) is 61.4 Å². The quantitative estimate of drug-likeness (QED) is 0.403. The van der Waals surface area contributed by atoms with Crippen molar-refractivity contribution in [3.63, 3.8) is 0 Å². The topological polar surface area (TPSA) is 57.7 Å². The van der Waals surface area contributed by atoms with Crippen LogP contribution in [0, 0.1) is 6.92 Å². The maximum absolute atomic E-state index is 12.2. The van der Waals surface area contributed by atoms with Gasteiger partial charge in [-0.25, -0.2) is 4.79 Å². The number of esters is 1. The molecule has 29 heavy (non-hydrogen) atoms. The molecule has 148 valence electrons. The third-order valence-corrected chi connectivity index (χ3v) is 4.04. The number of ether oxygens (including phenoxy) is 3. The predicted molar refractivity (Wildman–Crippen MR) is 113 cm³/mol. The largest absolute Gasteiger partial charge is 0.490 e. The van der Waals surface area contributed by atoms with E-state index in [0.717, 1.165) is 16.7 Å². The van der Waals surface area contributed by atoms with E-state index < -0.39 is 5.97 Å². The maximum Gasteiger partial charge on any atom is 0.349 e. The first-order valence-corrected chi connectivity index (χ1v) is 9.39. The molecule has 0 saturated carbocycles. The lowest BCUT2D eigenvalue weighted by Gasteiger charge is -2.12. The van der Waals surface area contributed by atoms with Crippen molar-refractivity contribution in [2.75, 3.05) is 13.2 Å². The van der Waals surface area contributed by atoms with Gasteiger partial charge in [-0.3, -0.25) is 4.98 Å². The van der Waals surface area contributed by atoms with Gasteiger partial charge in [0.2, 0.25) is 0 Å². The molecule has 3 aromatic rings. The average Bonchev–Trinajstić information content (AvgIpc) is 2.74. The number of aryl methyl sites for hydroxylation is 1. The number of rotatable bonds is 8. The Balaban J connectivity index is 1.65. The van der Waals surface area contributed by atoms with Crippen LogP contribution in [0.15, 0.2) is 67.0 Å². The van der Waals surface area contributed by atoms with Crippen LogP contribution in [-0.2, 0) is 4.79 Å². The molecule has 0 spiro atoms. The van der Waals surface area contributed by atoms with E-state index in [1.165, 1.54) is 0 Å². The average molecular weight is 389 g/mol. The molecule has 5 nitrogen and oxygen atoms in total. The molecule has 5 heteroatoms. The molecule has 0 aliphatic heterocycles. The fraction of sp³-hybridized carbons (Fsp3) is 0.167. The molecule has 0 radical (unpaired) electrons. The molecule has 1 heterocycles. The summed E-state index contributed by atoms with van der Waals surface area (Å²) in [5, 5.41) is 0. The van der Waals surface area contributed by atoms with Crippen molar-refractivity contribution in [3.8, 4) is 17.2 Å². The molecular formula is C24H23NO4. The predicted octanol–water partition coefficient (Wildman–Crippen LogP) is 4.94. The highest BCUT2D eigenvalue weighted by Crippen LogP contribution is 2.29. The molecule has 0 aliphatic rings. The summed E-state index contributed by atoms with van der Waals surface area (Å²) in [5.74, 6) is 0.999. The second kappa shape index (κ2) is 10.1. The van der Waals surface area contributed by atoms with Gasteiger partial charge in [0.25, 0.3) is 0 Å². The Hall–Kier alpha value is -3.60. The number of pyridine rings is 1. The van der Waals surface area contributed by atoms with Gasteiger partial charge in [-0.2, -0.15) is 0 Å². The van der Waals surface area contributed by atoms with E-state index in [-0.39, 0.29) is 6.61 Å². The molecule has 1 aromatic heterocycles. The summed E-state index contributed by atoms with van der Waals surface area (Å²) in [7, 11) is 0. The lowest BCUT2D eigenvalue weighted by molar-refractivity contribution is -0.136. The third-order valence-electron chi connectivity index (χ3n) is 4.04. The summed E-state index contributed by atoms with van der Waals surface area (Å²) in [5.41, 5.74) is 3.10. The Morgan fingerprint density at radius 1 is 0.897 bits per heavy atom. The van der Waals surface area contributed by atoms with Crippen molar-refractivity contribution < 1.29 is 19.0 Å². The maximum atomic E-state index is 12.2.